The van der Waals surface area contributed by atoms with E-state index in [1.165, 1.54) is 0 Å². The molecule has 0 aliphatic heterocycles. The van der Waals surface area contributed by atoms with Gasteiger partial charge >= 0.3 is 11.8 Å². The summed E-state index contributed by atoms with van der Waals surface area (Å²) in [4.78, 5) is 23.7. The summed E-state index contributed by atoms with van der Waals surface area (Å²) in [5, 5.41) is 17.5. The van der Waals surface area contributed by atoms with Crippen LogP contribution in [0, 0.1) is 0 Å². The van der Waals surface area contributed by atoms with Crippen molar-refractivity contribution in [1.82, 2.24) is 5.32 Å². The van der Waals surface area contributed by atoms with Gasteiger partial charge in [-0.3, -0.25) is 9.59 Å². The van der Waals surface area contributed by atoms with Crippen molar-refractivity contribution in [2.24, 2.45) is 0 Å². The number of amides is 2. The van der Waals surface area contributed by atoms with Crippen molar-refractivity contribution in [3.05, 3.63) is 78.4 Å². The highest BCUT2D eigenvalue weighted by atomic mass is 16.3. The van der Waals surface area contributed by atoms with E-state index in [2.05, 4.69) is 10.6 Å². The quantitative estimate of drug-likeness (QED) is 0.620. The SMILES string of the molecule is O=C(NCCC(O)c1cccc2ccccc12)C(=O)Nc1ccccc1. The minimum atomic E-state index is -0.726. The number of nitrogens with one attached hydrogen (secondary N) is 2. The molecule has 2 amide bonds. The highest BCUT2D eigenvalue weighted by Gasteiger charge is 2.15. The van der Waals surface area contributed by atoms with Crippen molar-refractivity contribution < 1.29 is 14.7 Å². The van der Waals surface area contributed by atoms with Gasteiger partial charge < -0.3 is 15.7 Å². The topological polar surface area (TPSA) is 78.4 Å². The van der Waals surface area contributed by atoms with Gasteiger partial charge in [-0.05, 0) is 34.9 Å². The van der Waals surface area contributed by atoms with Gasteiger partial charge in [0.1, 0.15) is 0 Å². The Morgan fingerprint density at radius 3 is 2.35 bits per heavy atom. The summed E-state index contributed by atoms with van der Waals surface area (Å²) in [7, 11) is 0. The van der Waals surface area contributed by atoms with Gasteiger partial charge in [0.2, 0.25) is 0 Å². The Labute approximate surface area is 151 Å². The van der Waals surface area contributed by atoms with Gasteiger partial charge in [0.15, 0.2) is 0 Å². The predicted octanol–water partition coefficient (Wildman–Crippen LogP) is 3.02. The minimum absolute atomic E-state index is 0.200. The Morgan fingerprint density at radius 1 is 0.846 bits per heavy atom. The molecule has 0 saturated carbocycles. The first-order valence-corrected chi connectivity index (χ1v) is 8.45. The smallest absolute Gasteiger partial charge is 0.313 e. The molecular weight excluding hydrogens is 328 g/mol. The maximum Gasteiger partial charge on any atom is 0.313 e. The molecule has 0 bridgehead atoms. The number of hydrogen-bond donors (Lipinski definition) is 3. The van der Waals surface area contributed by atoms with Crippen LogP contribution in [0.3, 0.4) is 0 Å². The van der Waals surface area contributed by atoms with E-state index >= 15 is 0 Å². The Balaban J connectivity index is 1.54. The van der Waals surface area contributed by atoms with E-state index in [4.69, 9.17) is 0 Å². The number of hydrogen-bond acceptors (Lipinski definition) is 3. The molecule has 0 aromatic heterocycles. The lowest BCUT2D eigenvalue weighted by atomic mass is 9.99. The zero-order valence-corrected chi connectivity index (χ0v) is 14.2. The van der Waals surface area contributed by atoms with E-state index in [0.29, 0.717) is 12.1 Å². The number of carbonyl (C=O) groups excluding carboxylic acids is 2. The second-order valence-electron chi connectivity index (χ2n) is 5.95. The number of carbonyl (C=O) groups is 2. The van der Waals surface area contributed by atoms with Crippen LogP contribution in [0.25, 0.3) is 10.8 Å². The van der Waals surface area contributed by atoms with E-state index in [0.717, 1.165) is 16.3 Å². The lowest BCUT2D eigenvalue weighted by Crippen LogP contribution is -2.36. The number of benzene rings is 3. The highest BCUT2D eigenvalue weighted by Crippen LogP contribution is 2.25. The highest BCUT2D eigenvalue weighted by molar-refractivity contribution is 6.39. The maximum absolute atomic E-state index is 11.9. The van der Waals surface area contributed by atoms with Crippen molar-refractivity contribution in [3.8, 4) is 0 Å². The molecule has 3 aromatic carbocycles. The third kappa shape index (κ3) is 4.26. The summed E-state index contributed by atoms with van der Waals surface area (Å²) < 4.78 is 0. The fourth-order valence-electron chi connectivity index (χ4n) is 2.81. The summed E-state index contributed by atoms with van der Waals surface area (Å²) in [6.07, 6.45) is -0.406. The van der Waals surface area contributed by atoms with Gasteiger partial charge in [0, 0.05) is 12.2 Å². The Morgan fingerprint density at radius 2 is 1.54 bits per heavy atom. The molecule has 0 saturated heterocycles. The van der Waals surface area contributed by atoms with Gasteiger partial charge in [-0.25, -0.2) is 0 Å². The van der Waals surface area contributed by atoms with Gasteiger partial charge in [0.25, 0.3) is 0 Å². The van der Waals surface area contributed by atoms with Crippen molar-refractivity contribution >= 4 is 28.3 Å². The summed E-state index contributed by atoms with van der Waals surface area (Å²) >= 11 is 0. The molecule has 3 N–H and O–H groups in total. The zero-order valence-electron chi connectivity index (χ0n) is 14.2. The van der Waals surface area contributed by atoms with E-state index < -0.39 is 17.9 Å². The van der Waals surface area contributed by atoms with E-state index in [1.807, 2.05) is 48.5 Å². The number of anilines is 1. The first-order valence-electron chi connectivity index (χ1n) is 8.45. The normalized spacial score (nSPS) is 11.7. The van der Waals surface area contributed by atoms with Crippen LogP contribution in [-0.2, 0) is 9.59 Å². The molecule has 0 heterocycles. The molecule has 5 nitrogen and oxygen atoms in total. The van der Waals surface area contributed by atoms with Crippen LogP contribution >= 0.6 is 0 Å². The molecule has 132 valence electrons. The number of aliphatic hydroxyl groups excluding tert-OH is 1. The van der Waals surface area contributed by atoms with Crippen LogP contribution in [0.4, 0.5) is 5.69 Å². The standard InChI is InChI=1S/C21H20N2O3/c24-19(18-12-6-8-15-7-4-5-11-17(15)18)13-14-22-20(25)21(26)23-16-9-2-1-3-10-16/h1-12,19,24H,13-14H2,(H,22,25)(H,23,26). The number of aliphatic hydroxyl groups is 1. The van der Waals surface area contributed by atoms with E-state index in [-0.39, 0.29) is 6.54 Å². The van der Waals surface area contributed by atoms with Gasteiger partial charge in [0.05, 0.1) is 6.10 Å². The Hall–Kier alpha value is -3.18. The second-order valence-corrected chi connectivity index (χ2v) is 5.95. The van der Waals surface area contributed by atoms with Crippen molar-refractivity contribution in [2.45, 2.75) is 12.5 Å². The minimum Gasteiger partial charge on any atom is -0.388 e. The van der Waals surface area contributed by atoms with Gasteiger partial charge in [-0.1, -0.05) is 60.7 Å². The third-order valence-electron chi connectivity index (χ3n) is 4.12. The average molecular weight is 348 g/mol. The van der Waals surface area contributed by atoms with Gasteiger partial charge in [-0.15, -0.1) is 0 Å². The molecule has 0 radical (unpaired) electrons. The number of rotatable bonds is 5. The third-order valence-corrected chi connectivity index (χ3v) is 4.12. The molecule has 0 aliphatic carbocycles. The molecular formula is C21H20N2O3. The average Bonchev–Trinajstić information content (AvgIpc) is 2.68. The first-order chi connectivity index (χ1) is 12.6. The molecule has 0 spiro atoms. The van der Waals surface area contributed by atoms with Crippen LogP contribution in [0.5, 0.6) is 0 Å². The molecule has 1 atom stereocenters. The number of para-hydroxylation sites is 1. The molecule has 3 aromatic rings. The maximum atomic E-state index is 11.9. The largest absolute Gasteiger partial charge is 0.388 e. The lowest BCUT2D eigenvalue weighted by Gasteiger charge is -2.14. The summed E-state index contributed by atoms with van der Waals surface area (Å²) in [5.41, 5.74) is 1.37. The number of fused-ring (bicyclic) bond motifs is 1. The van der Waals surface area contributed by atoms with Crippen LogP contribution < -0.4 is 10.6 Å². The Bertz CT molecular complexity index is 904. The van der Waals surface area contributed by atoms with E-state index in [1.54, 1.807) is 24.3 Å². The van der Waals surface area contributed by atoms with Crippen molar-refractivity contribution in [2.75, 3.05) is 11.9 Å². The summed E-state index contributed by atoms with van der Waals surface area (Å²) in [6.45, 7) is 0.200. The fraction of sp³-hybridized carbons (Fsp3) is 0.143. The first kappa shape index (κ1) is 17.6. The van der Waals surface area contributed by atoms with Crippen LogP contribution in [0.2, 0.25) is 0 Å². The molecule has 1 unspecified atom stereocenters. The van der Waals surface area contributed by atoms with Crippen molar-refractivity contribution in [1.29, 1.82) is 0 Å². The predicted molar refractivity (Wildman–Crippen MR) is 102 cm³/mol. The second kappa shape index (κ2) is 8.27. The molecule has 3 rings (SSSR count). The lowest BCUT2D eigenvalue weighted by molar-refractivity contribution is -0.136. The molecule has 26 heavy (non-hydrogen) atoms. The monoisotopic (exact) mass is 348 g/mol. The summed E-state index contributed by atoms with van der Waals surface area (Å²) in [5.74, 6) is -1.45. The van der Waals surface area contributed by atoms with Crippen molar-refractivity contribution in [3.63, 3.8) is 0 Å². The fourth-order valence-corrected chi connectivity index (χ4v) is 2.81. The molecule has 0 fully saturated rings. The summed E-state index contributed by atoms with van der Waals surface area (Å²) in [6, 6.07) is 22.3. The molecule has 0 aliphatic rings. The molecule has 5 heteroatoms. The van der Waals surface area contributed by atoms with Crippen LogP contribution in [0.1, 0.15) is 18.1 Å². The van der Waals surface area contributed by atoms with E-state index in [9.17, 15) is 14.7 Å². The van der Waals surface area contributed by atoms with Crippen LogP contribution in [0.15, 0.2) is 72.8 Å². The van der Waals surface area contributed by atoms with Crippen LogP contribution in [-0.4, -0.2) is 23.5 Å². The van der Waals surface area contributed by atoms with Gasteiger partial charge in [-0.2, -0.15) is 0 Å². The zero-order chi connectivity index (χ0) is 18.4. The Kier molecular flexibility index (Phi) is 5.61.